The minimum atomic E-state index is -0.676. The fourth-order valence-corrected chi connectivity index (χ4v) is 3.51. The van der Waals surface area contributed by atoms with Gasteiger partial charge in [-0.25, -0.2) is 0 Å². The monoisotopic (exact) mass is 328 g/mol. The van der Waals surface area contributed by atoms with Crippen LogP contribution < -0.4 is 9.47 Å². The second-order valence-corrected chi connectivity index (χ2v) is 6.03. The number of methoxy groups -OCH3 is 1. The van der Waals surface area contributed by atoms with Crippen molar-refractivity contribution in [3.05, 3.63) is 71.8 Å². The first kappa shape index (κ1) is 15.2. The number of benzene rings is 3. The van der Waals surface area contributed by atoms with Gasteiger partial charge in [-0.05, 0) is 34.5 Å². The van der Waals surface area contributed by atoms with E-state index in [4.69, 9.17) is 14.9 Å². The molecule has 25 heavy (non-hydrogen) atoms. The summed E-state index contributed by atoms with van der Waals surface area (Å²) >= 11 is 0. The quantitative estimate of drug-likeness (QED) is 0.753. The van der Waals surface area contributed by atoms with E-state index in [-0.39, 0.29) is 11.8 Å². The van der Waals surface area contributed by atoms with Crippen LogP contribution in [0.1, 0.15) is 17.0 Å². The highest BCUT2D eigenvalue weighted by molar-refractivity contribution is 5.94. The number of ether oxygens (including phenoxy) is 2. The SMILES string of the molecule is COc1cccc(C2c3c(ccc4ccccc34)OC(=N)C2C#N)c1. The summed E-state index contributed by atoms with van der Waals surface area (Å²) in [5.41, 5.74) is 1.89. The first-order valence-electron chi connectivity index (χ1n) is 8.04. The van der Waals surface area contributed by atoms with Crippen molar-refractivity contribution in [2.45, 2.75) is 5.92 Å². The first-order chi connectivity index (χ1) is 12.2. The van der Waals surface area contributed by atoms with Crippen molar-refractivity contribution in [1.29, 1.82) is 10.7 Å². The summed E-state index contributed by atoms with van der Waals surface area (Å²) in [6.45, 7) is 0. The average Bonchev–Trinajstić information content (AvgIpc) is 2.66. The lowest BCUT2D eigenvalue weighted by atomic mass is 9.77. The molecule has 1 N–H and O–H groups in total. The molecule has 0 aliphatic carbocycles. The molecule has 0 bridgehead atoms. The molecule has 4 rings (SSSR count). The molecule has 0 aromatic heterocycles. The van der Waals surface area contributed by atoms with Crippen LogP contribution in [0.3, 0.4) is 0 Å². The fraction of sp³-hybridized carbons (Fsp3) is 0.143. The van der Waals surface area contributed by atoms with Gasteiger partial charge in [-0.3, -0.25) is 5.41 Å². The maximum atomic E-state index is 9.72. The van der Waals surface area contributed by atoms with Gasteiger partial charge in [0.1, 0.15) is 17.4 Å². The maximum absolute atomic E-state index is 9.72. The third-order valence-electron chi connectivity index (χ3n) is 4.67. The second kappa shape index (κ2) is 5.95. The third-order valence-corrected chi connectivity index (χ3v) is 4.67. The van der Waals surface area contributed by atoms with Crippen molar-refractivity contribution < 1.29 is 9.47 Å². The minimum absolute atomic E-state index is 0.0156. The van der Waals surface area contributed by atoms with E-state index >= 15 is 0 Å². The highest BCUT2D eigenvalue weighted by Gasteiger charge is 2.38. The van der Waals surface area contributed by atoms with Gasteiger partial charge in [0, 0.05) is 11.5 Å². The molecule has 2 atom stereocenters. The van der Waals surface area contributed by atoms with Crippen LogP contribution in [0.15, 0.2) is 60.7 Å². The molecule has 0 spiro atoms. The van der Waals surface area contributed by atoms with Crippen LogP contribution in [0.4, 0.5) is 0 Å². The topological polar surface area (TPSA) is 66.1 Å². The summed E-state index contributed by atoms with van der Waals surface area (Å²) in [6, 6.07) is 21.9. The summed E-state index contributed by atoms with van der Waals surface area (Å²) in [7, 11) is 1.62. The maximum Gasteiger partial charge on any atom is 0.205 e. The van der Waals surface area contributed by atoms with Crippen molar-refractivity contribution in [2.75, 3.05) is 7.11 Å². The van der Waals surface area contributed by atoms with Gasteiger partial charge in [-0.2, -0.15) is 5.26 Å². The average molecular weight is 328 g/mol. The van der Waals surface area contributed by atoms with Gasteiger partial charge in [0.2, 0.25) is 5.90 Å². The number of fused-ring (bicyclic) bond motifs is 3. The molecular formula is C21H16N2O2. The largest absolute Gasteiger partial charge is 0.497 e. The Kier molecular flexibility index (Phi) is 3.62. The van der Waals surface area contributed by atoms with Crippen LogP contribution in [0.25, 0.3) is 10.8 Å². The molecule has 0 amide bonds. The van der Waals surface area contributed by atoms with Crippen molar-refractivity contribution in [3.8, 4) is 17.6 Å². The van der Waals surface area contributed by atoms with Crippen LogP contribution in [-0.4, -0.2) is 13.0 Å². The molecule has 1 aliphatic rings. The minimum Gasteiger partial charge on any atom is -0.497 e. The van der Waals surface area contributed by atoms with E-state index in [1.54, 1.807) is 7.11 Å². The third kappa shape index (κ3) is 2.41. The van der Waals surface area contributed by atoms with E-state index in [9.17, 15) is 5.26 Å². The Balaban J connectivity index is 2.02. The zero-order chi connectivity index (χ0) is 17.4. The lowest BCUT2D eigenvalue weighted by Gasteiger charge is -2.31. The molecule has 0 saturated carbocycles. The van der Waals surface area contributed by atoms with Crippen molar-refractivity contribution in [1.82, 2.24) is 0 Å². The van der Waals surface area contributed by atoms with Crippen LogP contribution in [0, 0.1) is 22.7 Å². The number of hydrogen-bond donors (Lipinski definition) is 1. The Labute approximate surface area is 145 Å². The van der Waals surface area contributed by atoms with Gasteiger partial charge in [0.25, 0.3) is 0 Å². The molecule has 0 radical (unpaired) electrons. The Morgan fingerprint density at radius 1 is 1.08 bits per heavy atom. The van der Waals surface area contributed by atoms with Gasteiger partial charge in [-0.1, -0.05) is 42.5 Å². The highest BCUT2D eigenvalue weighted by atomic mass is 16.5. The molecule has 4 heteroatoms. The van der Waals surface area contributed by atoms with Crippen molar-refractivity contribution in [2.24, 2.45) is 5.92 Å². The summed E-state index contributed by atoms with van der Waals surface area (Å²) in [5.74, 6) is 0.406. The number of rotatable bonds is 2. The van der Waals surface area contributed by atoms with Gasteiger partial charge >= 0.3 is 0 Å². The summed E-state index contributed by atoms with van der Waals surface area (Å²) in [6.07, 6.45) is 0. The highest BCUT2D eigenvalue weighted by Crippen LogP contribution is 2.46. The number of hydrogen-bond acceptors (Lipinski definition) is 4. The van der Waals surface area contributed by atoms with Gasteiger partial charge in [0.15, 0.2) is 0 Å². The number of nitrogens with one attached hydrogen (secondary N) is 1. The summed E-state index contributed by atoms with van der Waals surface area (Å²) in [4.78, 5) is 0. The van der Waals surface area contributed by atoms with E-state index in [1.807, 2.05) is 60.7 Å². The van der Waals surface area contributed by atoms with E-state index in [0.29, 0.717) is 5.75 Å². The van der Waals surface area contributed by atoms with Crippen molar-refractivity contribution in [3.63, 3.8) is 0 Å². The van der Waals surface area contributed by atoms with Crippen LogP contribution in [0.2, 0.25) is 0 Å². The lowest BCUT2D eigenvalue weighted by Crippen LogP contribution is -2.31. The van der Waals surface area contributed by atoms with E-state index < -0.39 is 5.92 Å². The smallest absolute Gasteiger partial charge is 0.205 e. The normalized spacial score (nSPS) is 19.0. The van der Waals surface area contributed by atoms with E-state index in [0.717, 1.165) is 27.6 Å². The fourth-order valence-electron chi connectivity index (χ4n) is 3.51. The van der Waals surface area contributed by atoms with Crippen LogP contribution >= 0.6 is 0 Å². The molecule has 3 aromatic carbocycles. The van der Waals surface area contributed by atoms with Gasteiger partial charge in [0.05, 0.1) is 13.2 Å². The second-order valence-electron chi connectivity index (χ2n) is 6.03. The molecule has 2 unspecified atom stereocenters. The Bertz CT molecular complexity index is 1020. The van der Waals surface area contributed by atoms with Crippen molar-refractivity contribution >= 4 is 16.7 Å². The van der Waals surface area contributed by atoms with Gasteiger partial charge < -0.3 is 9.47 Å². The predicted molar refractivity (Wildman–Crippen MR) is 96.2 cm³/mol. The Hall–Kier alpha value is -3.32. The predicted octanol–water partition coefficient (Wildman–Crippen LogP) is 4.49. The molecule has 1 heterocycles. The molecule has 122 valence electrons. The zero-order valence-electron chi connectivity index (χ0n) is 13.7. The van der Waals surface area contributed by atoms with E-state index in [2.05, 4.69) is 6.07 Å². The molecule has 4 nitrogen and oxygen atoms in total. The molecular weight excluding hydrogens is 312 g/mol. The standard InChI is InChI=1S/C21H16N2O2/c1-24-15-7-4-6-14(11-15)19-17(12-22)21(23)25-18-10-9-13-5-2-3-8-16(13)20(18)19/h2-11,17,19,23H,1H3. The number of nitriles is 1. The molecule has 3 aromatic rings. The Morgan fingerprint density at radius 3 is 2.72 bits per heavy atom. The molecule has 0 saturated heterocycles. The van der Waals surface area contributed by atoms with Crippen LogP contribution in [-0.2, 0) is 0 Å². The molecule has 0 fully saturated rings. The van der Waals surface area contributed by atoms with E-state index in [1.165, 1.54) is 0 Å². The van der Waals surface area contributed by atoms with Crippen LogP contribution in [0.5, 0.6) is 11.5 Å². The molecule has 1 aliphatic heterocycles. The zero-order valence-corrected chi connectivity index (χ0v) is 13.7. The lowest BCUT2D eigenvalue weighted by molar-refractivity contribution is 0.412. The Morgan fingerprint density at radius 2 is 1.92 bits per heavy atom. The summed E-state index contributed by atoms with van der Waals surface area (Å²) < 4.78 is 11.0. The first-order valence-corrected chi connectivity index (χ1v) is 8.04. The van der Waals surface area contributed by atoms with Gasteiger partial charge in [-0.15, -0.1) is 0 Å². The number of nitrogens with zero attached hydrogens (tertiary/aromatic N) is 1. The summed E-state index contributed by atoms with van der Waals surface area (Å²) in [5, 5.41) is 20.0.